The summed E-state index contributed by atoms with van der Waals surface area (Å²) in [7, 11) is 0. The van der Waals surface area contributed by atoms with E-state index in [1.165, 1.54) is 0 Å². The second kappa shape index (κ2) is 6.15. The Hall–Kier alpha value is -2.05. The average molecular weight is 301 g/mol. The summed E-state index contributed by atoms with van der Waals surface area (Å²) >= 11 is 0. The summed E-state index contributed by atoms with van der Waals surface area (Å²) in [6.45, 7) is 0. The first-order valence-corrected chi connectivity index (χ1v) is 6.59. The van der Waals surface area contributed by atoms with Crippen molar-refractivity contribution in [2.24, 2.45) is 5.92 Å². The standard InChI is InChI=1S/C14H14F3NO3/c15-9-6-5-8(11(16)12(9)17)13(19)18-10-4-2-1-3-7(10)14(20)21/h5-7,10H,1-4H2,(H,18,19)(H,20,21). The second-order valence-corrected chi connectivity index (χ2v) is 5.03. The highest BCUT2D eigenvalue weighted by atomic mass is 19.2. The number of aliphatic carboxylic acids is 1. The molecule has 1 aliphatic carbocycles. The lowest BCUT2D eigenvalue weighted by Crippen LogP contribution is -2.45. The molecule has 2 atom stereocenters. The lowest BCUT2D eigenvalue weighted by molar-refractivity contribution is -0.143. The van der Waals surface area contributed by atoms with Gasteiger partial charge in [-0.3, -0.25) is 9.59 Å². The van der Waals surface area contributed by atoms with Gasteiger partial charge in [-0.1, -0.05) is 12.8 Å². The third kappa shape index (κ3) is 3.17. The van der Waals surface area contributed by atoms with Gasteiger partial charge < -0.3 is 10.4 Å². The van der Waals surface area contributed by atoms with Crippen molar-refractivity contribution in [3.63, 3.8) is 0 Å². The van der Waals surface area contributed by atoms with Crippen LogP contribution in [0.1, 0.15) is 36.0 Å². The highest BCUT2D eigenvalue weighted by molar-refractivity contribution is 5.95. The Morgan fingerprint density at radius 1 is 1.10 bits per heavy atom. The Kier molecular flexibility index (Phi) is 4.50. The second-order valence-electron chi connectivity index (χ2n) is 5.03. The maximum atomic E-state index is 13.5. The molecule has 1 saturated carbocycles. The van der Waals surface area contributed by atoms with Gasteiger partial charge in [-0.15, -0.1) is 0 Å². The minimum atomic E-state index is -1.72. The molecule has 0 aliphatic heterocycles. The van der Waals surface area contributed by atoms with Gasteiger partial charge in [0.05, 0.1) is 11.5 Å². The van der Waals surface area contributed by atoms with Crippen molar-refractivity contribution in [1.29, 1.82) is 0 Å². The summed E-state index contributed by atoms with van der Waals surface area (Å²) in [5.41, 5.74) is -0.636. The number of carbonyl (C=O) groups is 2. The Bertz CT molecular complexity index is 577. The monoisotopic (exact) mass is 301 g/mol. The highest BCUT2D eigenvalue weighted by Crippen LogP contribution is 2.25. The summed E-state index contributed by atoms with van der Waals surface area (Å²) in [4.78, 5) is 23.0. The maximum Gasteiger partial charge on any atom is 0.308 e. The zero-order chi connectivity index (χ0) is 15.6. The summed E-state index contributed by atoms with van der Waals surface area (Å²) in [6, 6.07) is 0.848. The Morgan fingerprint density at radius 2 is 1.76 bits per heavy atom. The molecule has 4 nitrogen and oxygen atoms in total. The van der Waals surface area contributed by atoms with Crippen LogP contribution < -0.4 is 5.32 Å². The molecule has 21 heavy (non-hydrogen) atoms. The SMILES string of the molecule is O=C(NC1CCCCC1C(=O)O)c1ccc(F)c(F)c1F. The van der Waals surface area contributed by atoms with Crippen molar-refractivity contribution in [1.82, 2.24) is 5.32 Å². The van der Waals surface area contributed by atoms with E-state index in [2.05, 4.69) is 5.32 Å². The quantitative estimate of drug-likeness (QED) is 0.843. The number of rotatable bonds is 3. The molecule has 0 aromatic heterocycles. The summed E-state index contributed by atoms with van der Waals surface area (Å²) in [6.07, 6.45) is 2.35. The van der Waals surface area contributed by atoms with Crippen LogP contribution in [0.25, 0.3) is 0 Å². The van der Waals surface area contributed by atoms with Crippen LogP contribution in [0.5, 0.6) is 0 Å². The van der Waals surface area contributed by atoms with Crippen molar-refractivity contribution >= 4 is 11.9 Å². The summed E-state index contributed by atoms with van der Waals surface area (Å²) in [5.74, 6) is -7.41. The number of amides is 1. The van der Waals surface area contributed by atoms with E-state index in [0.717, 1.165) is 18.9 Å². The molecular formula is C14H14F3NO3. The number of benzene rings is 1. The van der Waals surface area contributed by atoms with E-state index >= 15 is 0 Å². The van der Waals surface area contributed by atoms with Crippen LogP contribution in [0, 0.1) is 23.4 Å². The van der Waals surface area contributed by atoms with Crippen LogP contribution in [0.15, 0.2) is 12.1 Å². The van der Waals surface area contributed by atoms with Gasteiger partial charge in [0.25, 0.3) is 5.91 Å². The van der Waals surface area contributed by atoms with Gasteiger partial charge in [-0.2, -0.15) is 0 Å². The van der Waals surface area contributed by atoms with Gasteiger partial charge in [-0.05, 0) is 25.0 Å². The highest BCUT2D eigenvalue weighted by Gasteiger charge is 2.32. The van der Waals surface area contributed by atoms with Crippen molar-refractivity contribution in [3.8, 4) is 0 Å². The first-order chi connectivity index (χ1) is 9.91. The molecule has 1 fully saturated rings. The van der Waals surface area contributed by atoms with Gasteiger partial charge in [0.2, 0.25) is 0 Å². The van der Waals surface area contributed by atoms with Crippen LogP contribution in [0.3, 0.4) is 0 Å². The van der Waals surface area contributed by atoms with Crippen LogP contribution in [0.2, 0.25) is 0 Å². The molecule has 114 valence electrons. The van der Waals surface area contributed by atoms with Crippen molar-refractivity contribution < 1.29 is 27.9 Å². The normalized spacial score (nSPS) is 21.9. The first-order valence-electron chi connectivity index (χ1n) is 6.59. The predicted octanol–water partition coefficient (Wildman–Crippen LogP) is 2.48. The molecule has 0 radical (unpaired) electrons. The molecule has 7 heteroatoms. The van der Waals surface area contributed by atoms with Gasteiger partial charge >= 0.3 is 5.97 Å². The molecule has 2 rings (SSSR count). The molecule has 1 amide bonds. The zero-order valence-corrected chi connectivity index (χ0v) is 11.0. The van der Waals surface area contributed by atoms with Crippen LogP contribution >= 0.6 is 0 Å². The number of carboxylic acid groups (broad SMARTS) is 1. The number of halogens is 3. The minimum absolute atomic E-state index is 0.417. The number of carbonyl (C=O) groups excluding carboxylic acids is 1. The lowest BCUT2D eigenvalue weighted by atomic mass is 9.84. The number of hydrogen-bond acceptors (Lipinski definition) is 2. The van der Waals surface area contributed by atoms with E-state index in [-0.39, 0.29) is 0 Å². The molecule has 0 saturated heterocycles. The smallest absolute Gasteiger partial charge is 0.308 e. The number of carboxylic acids is 1. The fourth-order valence-corrected chi connectivity index (χ4v) is 2.55. The Balaban J connectivity index is 2.17. The third-order valence-electron chi connectivity index (χ3n) is 3.68. The van der Waals surface area contributed by atoms with Crippen LogP contribution in [-0.4, -0.2) is 23.0 Å². The number of hydrogen-bond donors (Lipinski definition) is 2. The average Bonchev–Trinajstić information content (AvgIpc) is 2.45. The number of nitrogens with one attached hydrogen (secondary N) is 1. The van der Waals surface area contributed by atoms with Crippen molar-refractivity contribution in [2.45, 2.75) is 31.7 Å². The molecular weight excluding hydrogens is 287 g/mol. The van der Waals surface area contributed by atoms with Gasteiger partial charge in [-0.25, -0.2) is 13.2 Å². The predicted molar refractivity (Wildman–Crippen MR) is 67.2 cm³/mol. The van der Waals surface area contributed by atoms with Gasteiger partial charge in [0.15, 0.2) is 17.5 Å². The minimum Gasteiger partial charge on any atom is -0.481 e. The molecule has 2 unspecified atom stereocenters. The molecule has 1 aromatic carbocycles. The first kappa shape index (κ1) is 15.3. The molecule has 1 aliphatic rings. The van der Waals surface area contributed by atoms with E-state index < -0.39 is 46.9 Å². The lowest BCUT2D eigenvalue weighted by Gasteiger charge is -2.29. The Labute approximate surface area is 119 Å². The van der Waals surface area contributed by atoms with E-state index in [4.69, 9.17) is 5.11 Å². The fraction of sp³-hybridized carbons (Fsp3) is 0.429. The van der Waals surface area contributed by atoms with E-state index in [0.29, 0.717) is 18.9 Å². The topological polar surface area (TPSA) is 66.4 Å². The summed E-state index contributed by atoms with van der Waals surface area (Å²) < 4.78 is 39.5. The maximum absolute atomic E-state index is 13.5. The zero-order valence-electron chi connectivity index (χ0n) is 11.0. The van der Waals surface area contributed by atoms with Crippen LogP contribution in [0.4, 0.5) is 13.2 Å². The van der Waals surface area contributed by atoms with E-state index in [1.54, 1.807) is 0 Å². The fourth-order valence-electron chi connectivity index (χ4n) is 2.55. The molecule has 0 heterocycles. The Morgan fingerprint density at radius 3 is 2.43 bits per heavy atom. The molecule has 0 spiro atoms. The van der Waals surface area contributed by atoms with Gasteiger partial charge in [0.1, 0.15) is 0 Å². The van der Waals surface area contributed by atoms with Crippen molar-refractivity contribution in [2.75, 3.05) is 0 Å². The van der Waals surface area contributed by atoms with Crippen LogP contribution in [-0.2, 0) is 4.79 Å². The van der Waals surface area contributed by atoms with Crippen molar-refractivity contribution in [3.05, 3.63) is 35.1 Å². The van der Waals surface area contributed by atoms with E-state index in [9.17, 15) is 22.8 Å². The largest absolute Gasteiger partial charge is 0.481 e. The molecule has 1 aromatic rings. The van der Waals surface area contributed by atoms with E-state index in [1.807, 2.05) is 0 Å². The molecule has 2 N–H and O–H groups in total. The van der Waals surface area contributed by atoms with Gasteiger partial charge in [0, 0.05) is 6.04 Å². The third-order valence-corrected chi connectivity index (χ3v) is 3.68. The molecule has 0 bridgehead atoms. The summed E-state index contributed by atoms with van der Waals surface area (Å²) in [5, 5.41) is 11.5.